The van der Waals surface area contributed by atoms with Crippen LogP contribution in [0.1, 0.15) is 157 Å². The van der Waals surface area contributed by atoms with Crippen molar-refractivity contribution in [2.24, 2.45) is 71.0 Å². The van der Waals surface area contributed by atoms with Crippen molar-refractivity contribution in [1.82, 2.24) is 0 Å². The minimum atomic E-state index is 0.922. The lowest BCUT2D eigenvalue weighted by atomic mass is 9.62. The molecule has 6 rings (SSSR count). The van der Waals surface area contributed by atoms with Gasteiger partial charge in [0, 0.05) is 0 Å². The van der Waals surface area contributed by atoms with Crippen molar-refractivity contribution in [2.75, 3.05) is 0 Å². The van der Waals surface area contributed by atoms with Crippen LogP contribution in [-0.4, -0.2) is 0 Å². The van der Waals surface area contributed by atoms with Gasteiger partial charge in [-0.3, -0.25) is 0 Å². The summed E-state index contributed by atoms with van der Waals surface area (Å²) in [7, 11) is 0. The summed E-state index contributed by atoms with van der Waals surface area (Å²) in [6.07, 6.45) is 27.8. The molecule has 0 saturated heterocycles. The van der Waals surface area contributed by atoms with Crippen LogP contribution in [0.2, 0.25) is 0 Å². The fourth-order valence-corrected chi connectivity index (χ4v) is 10.6. The zero-order valence-corrected chi connectivity index (χ0v) is 25.7. The minimum Gasteiger partial charge on any atom is -0.0628 e. The van der Waals surface area contributed by atoms with E-state index in [1.54, 1.807) is 77.0 Å². The van der Waals surface area contributed by atoms with Crippen LogP contribution in [0.5, 0.6) is 0 Å². The first kappa shape index (κ1) is 29.0. The predicted octanol–water partition coefficient (Wildman–Crippen LogP) is 11.6. The second kappa shape index (κ2) is 13.9. The Bertz CT molecular complexity index is 558. The van der Waals surface area contributed by atoms with E-state index < -0.39 is 0 Å². The van der Waals surface area contributed by atoms with Gasteiger partial charge in [-0.05, 0) is 129 Å². The second-order valence-corrected chi connectivity index (χ2v) is 16.0. The van der Waals surface area contributed by atoms with Gasteiger partial charge in [0.15, 0.2) is 0 Å². The Balaban J connectivity index is 0.000000127. The maximum atomic E-state index is 2.39. The Morgan fingerprint density at radius 2 is 0.528 bits per heavy atom. The quantitative estimate of drug-likeness (QED) is 0.341. The third-order valence-electron chi connectivity index (χ3n) is 12.0. The smallest absolute Gasteiger partial charge is 0.0355 e. The van der Waals surface area contributed by atoms with E-state index in [2.05, 4.69) is 41.5 Å². The average Bonchev–Trinajstić information content (AvgIpc) is 3.42. The molecule has 0 amide bonds. The lowest BCUT2D eigenvalue weighted by molar-refractivity contribution is 0.0754. The summed E-state index contributed by atoms with van der Waals surface area (Å²) in [5.41, 5.74) is 0. The first-order valence-corrected chi connectivity index (χ1v) is 17.3. The average molecular weight is 499 g/mol. The zero-order valence-electron chi connectivity index (χ0n) is 25.7. The summed E-state index contributed by atoms with van der Waals surface area (Å²) in [5, 5.41) is 0. The number of hydrogen-bond donors (Lipinski definition) is 0. The van der Waals surface area contributed by atoms with Crippen molar-refractivity contribution in [3.05, 3.63) is 0 Å². The standard InChI is InChI=1S/C13H24.C12H22.C11H20/c1-10(2)9-13-11-5-3-6-12(13)8-4-7-11;1-9(2)8-12-10-4-3-5-11(12)7-6-10;1-8(2)7-11-9-3-4-10(11)6-5-9/h10-13H,3-9H2,1-2H3;9-12H,3-8H2,1-2H3;8-11H,3-7H2,1-2H3. The number of hydrogen-bond acceptors (Lipinski definition) is 0. The molecule has 0 aromatic heterocycles. The third-order valence-corrected chi connectivity index (χ3v) is 12.0. The van der Waals surface area contributed by atoms with E-state index in [1.165, 1.54) is 38.5 Å². The van der Waals surface area contributed by atoms with Gasteiger partial charge in [0.25, 0.3) is 0 Å². The Morgan fingerprint density at radius 1 is 0.333 bits per heavy atom. The summed E-state index contributed by atoms with van der Waals surface area (Å²) in [6, 6.07) is 0. The van der Waals surface area contributed by atoms with Crippen molar-refractivity contribution < 1.29 is 0 Å². The molecular formula is C36H66. The summed E-state index contributed by atoms with van der Waals surface area (Å²) >= 11 is 0. The van der Waals surface area contributed by atoms with Gasteiger partial charge in [-0.2, -0.15) is 0 Å². The lowest BCUT2D eigenvalue weighted by Crippen LogP contribution is -2.33. The monoisotopic (exact) mass is 499 g/mol. The molecular weight excluding hydrogens is 432 g/mol. The Hall–Kier alpha value is 0. The lowest BCUT2D eigenvalue weighted by Gasteiger charge is -2.43. The first-order chi connectivity index (χ1) is 17.3. The highest BCUT2D eigenvalue weighted by Gasteiger charge is 2.41. The van der Waals surface area contributed by atoms with Gasteiger partial charge in [0.1, 0.15) is 0 Å². The van der Waals surface area contributed by atoms with Crippen LogP contribution in [-0.2, 0) is 0 Å². The van der Waals surface area contributed by atoms with E-state index in [-0.39, 0.29) is 0 Å². The predicted molar refractivity (Wildman–Crippen MR) is 159 cm³/mol. The molecule has 2 atom stereocenters. The van der Waals surface area contributed by atoms with E-state index in [4.69, 9.17) is 0 Å². The van der Waals surface area contributed by atoms with E-state index in [0.29, 0.717) is 0 Å². The van der Waals surface area contributed by atoms with Gasteiger partial charge in [-0.1, -0.05) is 99.3 Å². The van der Waals surface area contributed by atoms with E-state index in [0.717, 1.165) is 71.0 Å². The van der Waals surface area contributed by atoms with Crippen molar-refractivity contribution in [3.63, 3.8) is 0 Å². The van der Waals surface area contributed by atoms with Gasteiger partial charge in [0.2, 0.25) is 0 Å². The van der Waals surface area contributed by atoms with Crippen molar-refractivity contribution in [1.29, 1.82) is 0 Å². The SMILES string of the molecule is CC(C)CC1C2CCC1CC2.CC(C)CC1C2CCCC1CC2.CC(C)CC1C2CCCC1CCC2. The molecule has 0 aromatic rings. The Labute approximate surface area is 227 Å². The van der Waals surface area contributed by atoms with Crippen molar-refractivity contribution >= 4 is 0 Å². The maximum absolute atomic E-state index is 2.39. The number of rotatable bonds is 6. The van der Waals surface area contributed by atoms with Gasteiger partial charge in [0.05, 0.1) is 0 Å². The molecule has 6 saturated carbocycles. The topological polar surface area (TPSA) is 0 Å². The van der Waals surface area contributed by atoms with Crippen LogP contribution in [0.4, 0.5) is 0 Å². The molecule has 2 unspecified atom stereocenters. The van der Waals surface area contributed by atoms with Crippen LogP contribution in [0.15, 0.2) is 0 Å². The highest BCUT2D eigenvalue weighted by atomic mass is 14.5. The Morgan fingerprint density at radius 3 is 0.750 bits per heavy atom. The molecule has 6 fully saturated rings. The summed E-state index contributed by atoms with van der Waals surface area (Å²) < 4.78 is 0. The molecule has 6 aliphatic carbocycles. The number of fused-ring (bicyclic) bond motifs is 6. The molecule has 210 valence electrons. The first-order valence-electron chi connectivity index (χ1n) is 17.3. The summed E-state index contributed by atoms with van der Waals surface area (Å²) in [5.74, 6) is 12.9. The normalized spacial score (nSPS) is 40.8. The zero-order chi connectivity index (χ0) is 25.7. The molecule has 36 heavy (non-hydrogen) atoms. The van der Waals surface area contributed by atoms with E-state index in [9.17, 15) is 0 Å². The second-order valence-electron chi connectivity index (χ2n) is 16.0. The van der Waals surface area contributed by atoms with Crippen LogP contribution in [0, 0.1) is 71.0 Å². The Kier molecular flexibility index (Phi) is 11.2. The molecule has 0 nitrogen and oxygen atoms in total. The summed E-state index contributed by atoms with van der Waals surface area (Å²) in [4.78, 5) is 0. The van der Waals surface area contributed by atoms with Crippen molar-refractivity contribution in [3.8, 4) is 0 Å². The molecule has 0 N–H and O–H groups in total. The van der Waals surface area contributed by atoms with Crippen LogP contribution >= 0.6 is 0 Å². The molecule has 6 bridgehead atoms. The maximum Gasteiger partial charge on any atom is -0.0355 e. The highest BCUT2D eigenvalue weighted by molar-refractivity contribution is 4.92. The van der Waals surface area contributed by atoms with Crippen LogP contribution in [0.25, 0.3) is 0 Å². The largest absolute Gasteiger partial charge is 0.0628 e. The molecule has 0 heterocycles. The van der Waals surface area contributed by atoms with Crippen LogP contribution < -0.4 is 0 Å². The van der Waals surface area contributed by atoms with Gasteiger partial charge in [-0.25, -0.2) is 0 Å². The van der Waals surface area contributed by atoms with E-state index >= 15 is 0 Å². The minimum absolute atomic E-state index is 0.922. The molecule has 0 aliphatic heterocycles. The molecule has 0 heteroatoms. The summed E-state index contributed by atoms with van der Waals surface area (Å²) in [6.45, 7) is 14.3. The molecule has 0 radical (unpaired) electrons. The van der Waals surface area contributed by atoms with Crippen LogP contribution in [0.3, 0.4) is 0 Å². The third kappa shape index (κ3) is 7.78. The van der Waals surface area contributed by atoms with E-state index in [1.807, 2.05) is 0 Å². The van der Waals surface area contributed by atoms with Gasteiger partial charge in [-0.15, -0.1) is 0 Å². The molecule has 6 aliphatic rings. The molecule has 0 spiro atoms. The fourth-order valence-electron chi connectivity index (χ4n) is 10.6. The van der Waals surface area contributed by atoms with Gasteiger partial charge < -0.3 is 0 Å². The molecule has 0 aromatic carbocycles. The highest BCUT2D eigenvalue weighted by Crippen LogP contribution is 2.52. The van der Waals surface area contributed by atoms with Gasteiger partial charge >= 0.3 is 0 Å². The fraction of sp³-hybridized carbons (Fsp3) is 1.00. The van der Waals surface area contributed by atoms with Crippen molar-refractivity contribution in [2.45, 2.75) is 157 Å².